The summed E-state index contributed by atoms with van der Waals surface area (Å²) in [6.45, 7) is 4.57. The number of fused-ring (bicyclic) bond motifs is 1. The van der Waals surface area contributed by atoms with Gasteiger partial charge in [-0.2, -0.15) is 0 Å². The average molecular weight is 490 g/mol. The van der Waals surface area contributed by atoms with Crippen molar-refractivity contribution in [1.29, 1.82) is 0 Å². The minimum atomic E-state index is -0.370. The van der Waals surface area contributed by atoms with E-state index in [9.17, 15) is 14.0 Å². The zero-order valence-corrected chi connectivity index (χ0v) is 20.5. The minimum absolute atomic E-state index is 0.0599. The van der Waals surface area contributed by atoms with Gasteiger partial charge in [0.25, 0.3) is 5.56 Å². The molecule has 0 unspecified atom stereocenters. The van der Waals surface area contributed by atoms with Gasteiger partial charge in [-0.1, -0.05) is 18.6 Å². The van der Waals surface area contributed by atoms with Crippen LogP contribution in [0.2, 0.25) is 0 Å². The fourth-order valence-corrected chi connectivity index (χ4v) is 5.31. The molecule has 0 N–H and O–H groups in total. The first-order valence-corrected chi connectivity index (χ1v) is 12.8. The molecule has 0 radical (unpaired) electrons. The van der Waals surface area contributed by atoms with Crippen molar-refractivity contribution in [2.45, 2.75) is 51.6 Å². The van der Waals surface area contributed by atoms with E-state index >= 15 is 0 Å². The Labute approximate surface area is 210 Å². The van der Waals surface area contributed by atoms with Gasteiger partial charge >= 0.3 is 0 Å². The number of benzene rings is 1. The number of rotatable bonds is 7. The highest BCUT2D eigenvalue weighted by Gasteiger charge is 2.25. The number of amides is 1. The predicted molar refractivity (Wildman–Crippen MR) is 136 cm³/mol. The highest BCUT2D eigenvalue weighted by molar-refractivity contribution is 5.77. The van der Waals surface area contributed by atoms with Crippen molar-refractivity contribution in [2.75, 3.05) is 26.2 Å². The average Bonchev–Trinajstić information content (AvgIpc) is 2.92. The van der Waals surface area contributed by atoms with Gasteiger partial charge in [0.05, 0.1) is 5.69 Å². The van der Waals surface area contributed by atoms with Crippen LogP contribution in [0.5, 0.6) is 0 Å². The van der Waals surface area contributed by atoms with E-state index in [1.807, 2.05) is 15.5 Å². The Morgan fingerprint density at radius 1 is 1.03 bits per heavy atom. The minimum Gasteiger partial charge on any atom is -0.338 e. The summed E-state index contributed by atoms with van der Waals surface area (Å²) in [7, 11) is 0. The molecule has 2 aliphatic rings. The highest BCUT2D eigenvalue weighted by atomic mass is 19.1. The Balaban J connectivity index is 1.41. The highest BCUT2D eigenvalue weighted by Crippen LogP contribution is 2.25. The fourth-order valence-electron chi connectivity index (χ4n) is 5.31. The molecule has 5 rings (SSSR count). The van der Waals surface area contributed by atoms with Gasteiger partial charge in [-0.3, -0.25) is 19.6 Å². The van der Waals surface area contributed by atoms with Crippen molar-refractivity contribution >= 4 is 5.91 Å². The van der Waals surface area contributed by atoms with Crippen LogP contribution in [0, 0.1) is 5.82 Å². The fraction of sp³-hybridized carbons (Fsp3) is 0.429. The van der Waals surface area contributed by atoms with Gasteiger partial charge in [-0.05, 0) is 61.7 Å². The van der Waals surface area contributed by atoms with Crippen molar-refractivity contribution in [3.8, 4) is 11.1 Å². The SMILES string of the molecule is O=C(CCc1cnccn1)N1CCc2c(cc(-c3cccc(F)c3)c(=O)n2CCN2CCCCC2)C1. The van der Waals surface area contributed by atoms with Crippen LogP contribution in [-0.4, -0.2) is 56.4 Å². The lowest BCUT2D eigenvalue weighted by atomic mass is 9.98. The molecule has 0 aliphatic carbocycles. The molecule has 2 aromatic heterocycles. The third kappa shape index (κ3) is 5.54. The van der Waals surface area contributed by atoms with Crippen LogP contribution >= 0.6 is 0 Å². The maximum Gasteiger partial charge on any atom is 0.258 e. The summed E-state index contributed by atoms with van der Waals surface area (Å²) in [6, 6.07) is 8.06. The summed E-state index contributed by atoms with van der Waals surface area (Å²) in [5.41, 5.74) is 3.73. The molecule has 1 fully saturated rings. The molecule has 7 nitrogen and oxygen atoms in total. The van der Waals surface area contributed by atoms with E-state index in [2.05, 4.69) is 14.9 Å². The van der Waals surface area contributed by atoms with Gasteiger partial charge in [0.2, 0.25) is 5.91 Å². The number of aryl methyl sites for hydroxylation is 1. The van der Waals surface area contributed by atoms with Crippen LogP contribution in [0.15, 0.2) is 53.7 Å². The molecule has 1 amide bonds. The maximum absolute atomic E-state index is 14.0. The van der Waals surface area contributed by atoms with Crippen LogP contribution in [-0.2, 0) is 30.7 Å². The molecule has 3 aromatic rings. The second-order valence-corrected chi connectivity index (χ2v) is 9.66. The lowest BCUT2D eigenvalue weighted by Crippen LogP contribution is -2.41. The van der Waals surface area contributed by atoms with Crippen molar-refractivity contribution in [3.05, 3.63) is 82.0 Å². The van der Waals surface area contributed by atoms with Crippen molar-refractivity contribution in [1.82, 2.24) is 24.3 Å². The van der Waals surface area contributed by atoms with Crippen molar-refractivity contribution < 1.29 is 9.18 Å². The molecular formula is C28H32FN5O2. The van der Waals surface area contributed by atoms with E-state index in [1.165, 1.54) is 31.4 Å². The molecule has 1 aromatic carbocycles. The zero-order chi connectivity index (χ0) is 24.9. The van der Waals surface area contributed by atoms with Crippen LogP contribution in [0.3, 0.4) is 0 Å². The molecule has 2 aliphatic heterocycles. The summed E-state index contributed by atoms with van der Waals surface area (Å²) in [5.74, 6) is -0.310. The Morgan fingerprint density at radius 2 is 1.89 bits per heavy atom. The number of likely N-dealkylation sites (tertiary alicyclic amines) is 1. The number of carbonyl (C=O) groups is 1. The molecular weight excluding hydrogens is 457 g/mol. The maximum atomic E-state index is 14.0. The topological polar surface area (TPSA) is 71.3 Å². The first-order chi connectivity index (χ1) is 17.6. The molecule has 1 saturated heterocycles. The van der Waals surface area contributed by atoms with Gasteiger partial charge in [0.15, 0.2) is 0 Å². The van der Waals surface area contributed by atoms with Gasteiger partial charge in [-0.25, -0.2) is 4.39 Å². The molecule has 4 heterocycles. The first-order valence-electron chi connectivity index (χ1n) is 12.8. The number of piperidine rings is 1. The molecule has 0 spiro atoms. The van der Waals surface area contributed by atoms with Gasteiger partial charge in [0, 0.05) is 68.9 Å². The van der Waals surface area contributed by atoms with Gasteiger partial charge in [-0.15, -0.1) is 0 Å². The normalized spacial score (nSPS) is 16.1. The van der Waals surface area contributed by atoms with Gasteiger partial charge < -0.3 is 14.4 Å². The largest absolute Gasteiger partial charge is 0.338 e. The van der Waals surface area contributed by atoms with Crippen LogP contribution in [0.1, 0.15) is 42.6 Å². The second-order valence-electron chi connectivity index (χ2n) is 9.66. The predicted octanol–water partition coefficient (Wildman–Crippen LogP) is 3.45. The lowest BCUT2D eigenvalue weighted by Gasteiger charge is -2.32. The smallest absolute Gasteiger partial charge is 0.258 e. The Kier molecular flexibility index (Phi) is 7.51. The molecule has 0 bridgehead atoms. The third-order valence-corrected chi connectivity index (χ3v) is 7.26. The summed E-state index contributed by atoms with van der Waals surface area (Å²) in [4.78, 5) is 39.2. The number of pyridine rings is 1. The molecule has 36 heavy (non-hydrogen) atoms. The summed E-state index contributed by atoms with van der Waals surface area (Å²) in [6.07, 6.45) is 10.1. The van der Waals surface area contributed by atoms with Crippen LogP contribution in [0.25, 0.3) is 11.1 Å². The zero-order valence-electron chi connectivity index (χ0n) is 20.5. The van der Waals surface area contributed by atoms with E-state index < -0.39 is 0 Å². The Hall–Kier alpha value is -3.39. The van der Waals surface area contributed by atoms with Crippen molar-refractivity contribution in [3.63, 3.8) is 0 Å². The quantitative estimate of drug-likeness (QED) is 0.509. The van der Waals surface area contributed by atoms with Crippen LogP contribution in [0.4, 0.5) is 4.39 Å². The summed E-state index contributed by atoms with van der Waals surface area (Å²) >= 11 is 0. The molecule has 0 atom stereocenters. The first kappa shape index (κ1) is 24.3. The molecule has 188 valence electrons. The molecule has 0 saturated carbocycles. The van der Waals surface area contributed by atoms with Crippen LogP contribution < -0.4 is 5.56 Å². The number of hydrogen-bond donors (Lipinski definition) is 0. The monoisotopic (exact) mass is 489 g/mol. The Morgan fingerprint density at radius 3 is 2.67 bits per heavy atom. The summed E-state index contributed by atoms with van der Waals surface area (Å²) in [5, 5.41) is 0. The summed E-state index contributed by atoms with van der Waals surface area (Å²) < 4.78 is 15.9. The number of halogens is 1. The number of hydrogen-bond acceptors (Lipinski definition) is 5. The van der Waals surface area contributed by atoms with E-state index in [1.54, 1.807) is 30.7 Å². The van der Waals surface area contributed by atoms with Gasteiger partial charge in [0.1, 0.15) is 5.82 Å². The van der Waals surface area contributed by atoms with Crippen molar-refractivity contribution in [2.24, 2.45) is 0 Å². The Bertz CT molecular complexity index is 1270. The number of carbonyl (C=O) groups excluding carboxylic acids is 1. The third-order valence-electron chi connectivity index (χ3n) is 7.26. The lowest BCUT2D eigenvalue weighted by molar-refractivity contribution is -0.132. The number of nitrogens with zero attached hydrogens (tertiary/aromatic N) is 5. The van der Waals surface area contributed by atoms with E-state index in [4.69, 9.17) is 0 Å². The van der Waals surface area contributed by atoms with E-state index in [0.29, 0.717) is 50.0 Å². The second kappa shape index (κ2) is 11.1. The standard InChI is InChI=1S/C28H32FN5O2/c29-23-6-4-5-21(17-23)25-18-22-20-33(27(35)8-7-24-19-30-10-11-31-24)14-9-26(22)34(28(25)36)16-15-32-12-2-1-3-13-32/h4-6,10-11,17-19H,1-3,7-9,12-16,20H2. The molecule has 8 heteroatoms. The van der Waals surface area contributed by atoms with E-state index in [0.717, 1.165) is 36.6 Å². The number of aromatic nitrogens is 3. The van der Waals surface area contributed by atoms with E-state index in [-0.39, 0.29) is 17.3 Å².